The molecule has 0 bridgehead atoms. The third-order valence-corrected chi connectivity index (χ3v) is 4.83. The number of halogens is 3. The zero-order valence-electron chi connectivity index (χ0n) is 16.8. The van der Waals surface area contributed by atoms with Crippen LogP contribution in [0.4, 0.5) is 13.2 Å². The van der Waals surface area contributed by atoms with E-state index in [1.165, 1.54) is 18.2 Å². The number of rotatable bonds is 5. The van der Waals surface area contributed by atoms with Crippen molar-refractivity contribution in [1.82, 2.24) is 0 Å². The predicted molar refractivity (Wildman–Crippen MR) is 105 cm³/mol. The van der Waals surface area contributed by atoms with Crippen LogP contribution in [0.25, 0.3) is 11.1 Å². The first-order chi connectivity index (χ1) is 13.5. The Morgan fingerprint density at radius 2 is 1.93 bits per heavy atom. The Morgan fingerprint density at radius 3 is 2.55 bits per heavy atom. The van der Waals surface area contributed by atoms with Gasteiger partial charge in [0, 0.05) is 22.1 Å². The van der Waals surface area contributed by atoms with Crippen molar-refractivity contribution in [1.29, 1.82) is 0 Å². The summed E-state index contributed by atoms with van der Waals surface area (Å²) < 4.78 is 49.3. The second-order valence-electron chi connectivity index (χ2n) is 8.34. The van der Waals surface area contributed by atoms with Gasteiger partial charge in [-0.3, -0.25) is 0 Å². The van der Waals surface area contributed by atoms with Gasteiger partial charge in [-0.15, -0.1) is 13.2 Å². The minimum absolute atomic E-state index is 0.235. The number of nitrogens with zero attached hydrogens (tertiary/aromatic N) is 1. The van der Waals surface area contributed by atoms with Crippen LogP contribution in [0.1, 0.15) is 44.4 Å². The predicted octanol–water partition coefficient (Wildman–Crippen LogP) is 5.93. The van der Waals surface area contributed by atoms with E-state index < -0.39 is 6.36 Å². The van der Waals surface area contributed by atoms with Crippen molar-refractivity contribution in [2.75, 3.05) is 6.61 Å². The zero-order chi connectivity index (χ0) is 21.4. The second kappa shape index (κ2) is 7.61. The molecule has 1 aliphatic heterocycles. The van der Waals surface area contributed by atoms with Crippen LogP contribution in [0, 0.1) is 5.92 Å². The normalized spacial score (nSPS) is 15.6. The number of ether oxygens (including phenoxy) is 2. The minimum Gasteiger partial charge on any atom is -0.492 e. The molecule has 2 aromatic rings. The first-order valence-corrected chi connectivity index (χ1v) is 9.38. The van der Waals surface area contributed by atoms with Crippen LogP contribution in [0.2, 0.25) is 0 Å². The Balaban J connectivity index is 2.26. The molecule has 0 aromatic heterocycles. The average Bonchev–Trinajstić information content (AvgIpc) is 2.89. The lowest BCUT2D eigenvalue weighted by molar-refractivity contribution is -0.274. The van der Waals surface area contributed by atoms with E-state index in [9.17, 15) is 13.2 Å². The number of oxime groups is 1. The summed E-state index contributed by atoms with van der Waals surface area (Å²) in [5.41, 5.74) is 2.94. The largest absolute Gasteiger partial charge is 0.573 e. The molecule has 0 fully saturated rings. The number of hydrogen-bond donors (Lipinski definition) is 1. The fraction of sp³-hybridized carbons (Fsp3) is 0.409. The van der Waals surface area contributed by atoms with E-state index in [2.05, 4.69) is 29.8 Å². The Kier molecular flexibility index (Phi) is 5.52. The van der Waals surface area contributed by atoms with Crippen molar-refractivity contribution in [3.8, 4) is 22.6 Å². The highest BCUT2D eigenvalue weighted by atomic mass is 19.4. The monoisotopic (exact) mass is 407 g/mol. The van der Waals surface area contributed by atoms with Gasteiger partial charge >= 0.3 is 6.36 Å². The SMILES string of the molecule is CC(C)Cc1cc(-c2cc(C=NO)ccc2OC(F)(F)F)c2c(c1)C(C)(C)CO2. The third-order valence-electron chi connectivity index (χ3n) is 4.83. The maximum Gasteiger partial charge on any atom is 0.573 e. The smallest absolute Gasteiger partial charge is 0.492 e. The van der Waals surface area contributed by atoms with Gasteiger partial charge < -0.3 is 14.7 Å². The molecule has 0 atom stereocenters. The van der Waals surface area contributed by atoms with Crippen LogP contribution in [0.5, 0.6) is 11.5 Å². The maximum atomic E-state index is 13.0. The maximum absolute atomic E-state index is 13.0. The molecule has 3 rings (SSSR count). The Hall–Kier alpha value is -2.70. The van der Waals surface area contributed by atoms with Crippen LogP contribution in [-0.4, -0.2) is 24.4 Å². The molecule has 0 aliphatic carbocycles. The summed E-state index contributed by atoms with van der Waals surface area (Å²) >= 11 is 0. The van der Waals surface area contributed by atoms with E-state index >= 15 is 0 Å². The molecular weight excluding hydrogens is 383 g/mol. The summed E-state index contributed by atoms with van der Waals surface area (Å²) in [5.74, 6) is 0.613. The third kappa shape index (κ3) is 4.66. The highest BCUT2D eigenvalue weighted by molar-refractivity contribution is 5.86. The summed E-state index contributed by atoms with van der Waals surface area (Å²) in [7, 11) is 0. The van der Waals surface area contributed by atoms with E-state index in [0.717, 1.165) is 23.8 Å². The van der Waals surface area contributed by atoms with Crippen LogP contribution in [0.15, 0.2) is 35.5 Å². The molecule has 29 heavy (non-hydrogen) atoms. The van der Waals surface area contributed by atoms with E-state index in [0.29, 0.717) is 29.4 Å². The van der Waals surface area contributed by atoms with Crippen molar-refractivity contribution in [3.63, 3.8) is 0 Å². The quantitative estimate of drug-likeness (QED) is 0.380. The average molecular weight is 407 g/mol. The molecule has 0 unspecified atom stereocenters. The second-order valence-corrected chi connectivity index (χ2v) is 8.34. The van der Waals surface area contributed by atoms with Gasteiger partial charge in [0.1, 0.15) is 11.5 Å². The van der Waals surface area contributed by atoms with E-state index in [1.807, 2.05) is 19.9 Å². The number of fused-ring (bicyclic) bond motifs is 1. The number of hydrogen-bond acceptors (Lipinski definition) is 4. The van der Waals surface area contributed by atoms with Gasteiger partial charge in [-0.05, 0) is 47.7 Å². The highest BCUT2D eigenvalue weighted by Crippen LogP contribution is 2.48. The molecule has 4 nitrogen and oxygen atoms in total. The molecule has 156 valence electrons. The molecule has 0 saturated carbocycles. The van der Waals surface area contributed by atoms with Gasteiger partial charge in [-0.25, -0.2) is 0 Å². The number of alkyl halides is 3. The molecule has 1 heterocycles. The van der Waals surface area contributed by atoms with Gasteiger partial charge in [0.15, 0.2) is 0 Å². The highest BCUT2D eigenvalue weighted by Gasteiger charge is 2.36. The summed E-state index contributed by atoms with van der Waals surface area (Å²) in [6.45, 7) is 8.71. The van der Waals surface area contributed by atoms with Gasteiger partial charge in [0.05, 0.1) is 12.8 Å². The molecule has 1 N–H and O–H groups in total. The van der Waals surface area contributed by atoms with Crippen LogP contribution >= 0.6 is 0 Å². The molecule has 0 amide bonds. The lowest BCUT2D eigenvalue weighted by Gasteiger charge is -2.19. The molecule has 0 radical (unpaired) electrons. The topological polar surface area (TPSA) is 51.1 Å². The first kappa shape index (κ1) is 21.0. The summed E-state index contributed by atoms with van der Waals surface area (Å²) in [4.78, 5) is 0. The molecule has 0 spiro atoms. The molecule has 0 saturated heterocycles. The van der Waals surface area contributed by atoms with Crippen LogP contribution in [0.3, 0.4) is 0 Å². The Bertz CT molecular complexity index is 934. The van der Waals surface area contributed by atoms with E-state index in [4.69, 9.17) is 9.94 Å². The van der Waals surface area contributed by atoms with E-state index in [1.54, 1.807) is 0 Å². The van der Waals surface area contributed by atoms with Crippen molar-refractivity contribution in [3.05, 3.63) is 47.0 Å². The summed E-state index contributed by atoms with van der Waals surface area (Å²) in [6, 6.07) is 8.06. The van der Waals surface area contributed by atoms with Crippen molar-refractivity contribution >= 4 is 6.21 Å². The van der Waals surface area contributed by atoms with Crippen molar-refractivity contribution in [2.45, 2.75) is 45.9 Å². The fourth-order valence-electron chi connectivity index (χ4n) is 3.59. The van der Waals surface area contributed by atoms with Gasteiger partial charge in [0.2, 0.25) is 0 Å². The first-order valence-electron chi connectivity index (χ1n) is 9.38. The van der Waals surface area contributed by atoms with Crippen LogP contribution in [-0.2, 0) is 11.8 Å². The van der Waals surface area contributed by atoms with Gasteiger partial charge in [-0.2, -0.15) is 0 Å². The lowest BCUT2D eigenvalue weighted by Crippen LogP contribution is -2.18. The fourth-order valence-corrected chi connectivity index (χ4v) is 3.59. The molecule has 1 aliphatic rings. The molecule has 7 heteroatoms. The lowest BCUT2D eigenvalue weighted by atomic mass is 9.83. The summed E-state index contributed by atoms with van der Waals surface area (Å²) in [6.07, 6.45) is -2.90. The van der Waals surface area contributed by atoms with Crippen molar-refractivity contribution < 1.29 is 27.9 Å². The Labute approximate surface area is 167 Å². The minimum atomic E-state index is -4.83. The number of benzene rings is 2. The molecular formula is C22H24F3NO3. The van der Waals surface area contributed by atoms with Gasteiger partial charge in [-0.1, -0.05) is 38.9 Å². The molecule has 2 aromatic carbocycles. The standard InChI is InChI=1S/C22H24F3NO3/c1-13(2)7-15-9-17(20-18(10-15)21(3,4)12-28-20)16-8-14(11-26-27)5-6-19(16)29-22(23,24)25/h5-6,8-11,13,27H,7,12H2,1-4H3. The summed E-state index contributed by atoms with van der Waals surface area (Å²) in [5, 5.41) is 11.8. The van der Waals surface area contributed by atoms with Gasteiger partial charge in [0.25, 0.3) is 0 Å². The zero-order valence-corrected chi connectivity index (χ0v) is 16.8. The van der Waals surface area contributed by atoms with E-state index in [-0.39, 0.29) is 16.7 Å². The van der Waals surface area contributed by atoms with Crippen LogP contribution < -0.4 is 9.47 Å². The van der Waals surface area contributed by atoms with Crippen molar-refractivity contribution in [2.24, 2.45) is 11.1 Å². The Morgan fingerprint density at radius 1 is 1.21 bits per heavy atom.